The highest BCUT2D eigenvalue weighted by Gasteiger charge is 2.34. The van der Waals surface area contributed by atoms with Crippen molar-refractivity contribution in [2.75, 3.05) is 13.6 Å². The molecule has 0 fully saturated rings. The number of carbonyl (C=O) groups is 2. The molecular weight excluding hydrogens is 412 g/mol. The third-order valence-electron chi connectivity index (χ3n) is 5.33. The number of carbonyl (C=O) groups excluding carboxylic acids is 2. The second-order valence-corrected chi connectivity index (χ2v) is 7.57. The van der Waals surface area contributed by atoms with Gasteiger partial charge in [-0.05, 0) is 29.8 Å². The molecule has 0 aromatic heterocycles. The summed E-state index contributed by atoms with van der Waals surface area (Å²) in [6, 6.07) is 20.5. The summed E-state index contributed by atoms with van der Waals surface area (Å²) >= 11 is 0. The van der Waals surface area contributed by atoms with Crippen molar-refractivity contribution in [1.29, 1.82) is 0 Å². The summed E-state index contributed by atoms with van der Waals surface area (Å²) in [5.41, 5.74) is 1.81. The summed E-state index contributed by atoms with van der Waals surface area (Å²) in [6.45, 7) is -0.257. The number of nitrogens with zero attached hydrogens (tertiary/aromatic N) is 3. The first-order valence-electron chi connectivity index (χ1n) is 10.1. The predicted molar refractivity (Wildman–Crippen MR) is 117 cm³/mol. The highest BCUT2D eigenvalue weighted by atomic mass is 19.1. The van der Waals surface area contributed by atoms with Crippen LogP contribution in [0, 0.1) is 11.6 Å². The van der Waals surface area contributed by atoms with E-state index in [4.69, 9.17) is 0 Å². The van der Waals surface area contributed by atoms with Crippen LogP contribution in [0.2, 0.25) is 0 Å². The minimum Gasteiger partial charge on any atom is -0.332 e. The lowest BCUT2D eigenvalue weighted by molar-refractivity contribution is -0.133. The third kappa shape index (κ3) is 4.42. The lowest BCUT2D eigenvalue weighted by atomic mass is 9.98. The number of likely N-dealkylation sites (N-methyl/N-ethyl adjacent to an activating group) is 1. The summed E-state index contributed by atoms with van der Waals surface area (Å²) in [7, 11) is 1.47. The van der Waals surface area contributed by atoms with Gasteiger partial charge in [0.1, 0.15) is 18.2 Å². The second kappa shape index (κ2) is 9.09. The van der Waals surface area contributed by atoms with E-state index in [1.807, 2.05) is 30.3 Å². The quantitative estimate of drug-likeness (QED) is 0.598. The van der Waals surface area contributed by atoms with Gasteiger partial charge in [0, 0.05) is 24.6 Å². The molecule has 1 aliphatic heterocycles. The molecule has 1 atom stereocenters. The fourth-order valence-corrected chi connectivity index (χ4v) is 3.72. The predicted octanol–water partition coefficient (Wildman–Crippen LogP) is 4.41. The summed E-state index contributed by atoms with van der Waals surface area (Å²) in [5.74, 6) is -1.84. The van der Waals surface area contributed by atoms with Crippen LogP contribution in [-0.4, -0.2) is 41.0 Å². The molecule has 2 amide bonds. The van der Waals surface area contributed by atoms with E-state index in [0.29, 0.717) is 17.7 Å². The van der Waals surface area contributed by atoms with Gasteiger partial charge in [0.15, 0.2) is 0 Å². The molecule has 0 aliphatic carbocycles. The minimum atomic E-state index is -0.529. The van der Waals surface area contributed by atoms with Gasteiger partial charge in [-0.1, -0.05) is 54.6 Å². The number of rotatable bonds is 5. The Morgan fingerprint density at radius 3 is 2.44 bits per heavy atom. The number of benzene rings is 3. The van der Waals surface area contributed by atoms with Crippen LogP contribution in [-0.2, 0) is 4.79 Å². The van der Waals surface area contributed by atoms with Crippen molar-refractivity contribution in [1.82, 2.24) is 9.91 Å². The van der Waals surface area contributed by atoms with E-state index in [1.54, 1.807) is 18.2 Å². The van der Waals surface area contributed by atoms with Crippen molar-refractivity contribution in [2.24, 2.45) is 5.10 Å². The Morgan fingerprint density at radius 1 is 1.00 bits per heavy atom. The third-order valence-corrected chi connectivity index (χ3v) is 5.33. The van der Waals surface area contributed by atoms with E-state index in [1.165, 1.54) is 41.2 Å². The molecule has 5 nitrogen and oxygen atoms in total. The number of amides is 2. The number of halogens is 2. The maximum absolute atomic E-state index is 14.4. The van der Waals surface area contributed by atoms with Crippen LogP contribution < -0.4 is 0 Å². The average Bonchev–Trinajstić information content (AvgIpc) is 3.25. The van der Waals surface area contributed by atoms with Gasteiger partial charge in [0.25, 0.3) is 11.8 Å². The molecule has 1 unspecified atom stereocenters. The molecule has 0 radical (unpaired) electrons. The van der Waals surface area contributed by atoms with E-state index >= 15 is 0 Å². The van der Waals surface area contributed by atoms with Crippen LogP contribution in [0.1, 0.15) is 33.9 Å². The average molecular weight is 433 g/mol. The van der Waals surface area contributed by atoms with Crippen LogP contribution in [0.4, 0.5) is 8.78 Å². The Hall–Kier alpha value is -3.87. The number of hydrazone groups is 1. The molecule has 0 N–H and O–H groups in total. The van der Waals surface area contributed by atoms with E-state index < -0.39 is 29.5 Å². The molecule has 162 valence electrons. The summed E-state index contributed by atoms with van der Waals surface area (Å²) in [4.78, 5) is 27.0. The molecule has 32 heavy (non-hydrogen) atoms. The van der Waals surface area contributed by atoms with Crippen LogP contribution in [0.3, 0.4) is 0 Å². The fraction of sp³-hybridized carbons (Fsp3) is 0.160. The molecule has 4 rings (SSSR count). The zero-order valence-electron chi connectivity index (χ0n) is 17.4. The Labute approximate surface area is 184 Å². The molecule has 1 heterocycles. The lowest BCUT2D eigenvalue weighted by Gasteiger charge is -2.25. The van der Waals surface area contributed by atoms with Gasteiger partial charge in [0.05, 0.1) is 11.8 Å². The minimum absolute atomic E-state index is 0.150. The van der Waals surface area contributed by atoms with Gasteiger partial charge >= 0.3 is 0 Å². The van der Waals surface area contributed by atoms with Crippen LogP contribution in [0.15, 0.2) is 84.0 Å². The van der Waals surface area contributed by atoms with Crippen LogP contribution in [0.5, 0.6) is 0 Å². The molecule has 0 saturated heterocycles. The summed E-state index contributed by atoms with van der Waals surface area (Å²) in [5, 5.41) is 5.75. The van der Waals surface area contributed by atoms with E-state index in [9.17, 15) is 18.4 Å². The monoisotopic (exact) mass is 433 g/mol. The SMILES string of the molecule is CN(CC(=O)N1N=C(c2ccccc2F)CC1c1ccccc1)C(=O)c1cccc(F)c1. The zero-order chi connectivity index (χ0) is 22.7. The Balaban J connectivity index is 1.59. The van der Waals surface area contributed by atoms with Crippen molar-refractivity contribution in [3.05, 3.63) is 107 Å². The standard InChI is InChI=1S/C25H21F2N3O2/c1-29(25(32)18-10-7-11-19(26)14-18)16-24(31)30-23(17-8-3-2-4-9-17)15-22(28-30)20-12-5-6-13-21(20)27/h2-14,23H,15-16H2,1H3. The van der Waals surface area contributed by atoms with Gasteiger partial charge in [-0.25, -0.2) is 13.8 Å². The smallest absolute Gasteiger partial charge is 0.262 e. The molecule has 0 saturated carbocycles. The highest BCUT2D eigenvalue weighted by molar-refractivity contribution is 6.04. The first-order valence-corrected chi connectivity index (χ1v) is 10.1. The van der Waals surface area contributed by atoms with Gasteiger partial charge < -0.3 is 4.90 Å². The summed E-state index contributed by atoms with van der Waals surface area (Å²) in [6.07, 6.45) is 0.345. The van der Waals surface area contributed by atoms with E-state index in [0.717, 1.165) is 11.6 Å². The maximum atomic E-state index is 14.4. The Bertz CT molecular complexity index is 1180. The molecule has 1 aliphatic rings. The Morgan fingerprint density at radius 2 is 1.72 bits per heavy atom. The molecule has 3 aromatic carbocycles. The largest absolute Gasteiger partial charge is 0.332 e. The van der Waals surface area contributed by atoms with Crippen molar-refractivity contribution in [3.63, 3.8) is 0 Å². The van der Waals surface area contributed by atoms with Gasteiger partial charge in [-0.3, -0.25) is 9.59 Å². The maximum Gasteiger partial charge on any atom is 0.262 e. The zero-order valence-corrected chi connectivity index (χ0v) is 17.4. The summed E-state index contributed by atoms with van der Waals surface area (Å²) < 4.78 is 27.8. The normalized spacial score (nSPS) is 15.4. The van der Waals surface area contributed by atoms with Crippen molar-refractivity contribution in [3.8, 4) is 0 Å². The van der Waals surface area contributed by atoms with Crippen molar-refractivity contribution < 1.29 is 18.4 Å². The molecular formula is C25H21F2N3O2. The molecule has 0 bridgehead atoms. The van der Waals surface area contributed by atoms with Crippen molar-refractivity contribution >= 4 is 17.5 Å². The van der Waals surface area contributed by atoms with E-state index in [2.05, 4.69) is 5.10 Å². The van der Waals surface area contributed by atoms with Crippen molar-refractivity contribution in [2.45, 2.75) is 12.5 Å². The number of hydrogen-bond donors (Lipinski definition) is 0. The second-order valence-electron chi connectivity index (χ2n) is 7.57. The molecule has 0 spiro atoms. The molecule has 3 aromatic rings. The van der Waals surface area contributed by atoms with Crippen LogP contribution in [0.25, 0.3) is 0 Å². The van der Waals surface area contributed by atoms with E-state index in [-0.39, 0.29) is 12.1 Å². The van der Waals surface area contributed by atoms with Crippen LogP contribution >= 0.6 is 0 Å². The first-order chi connectivity index (χ1) is 15.4. The molecule has 7 heteroatoms. The fourth-order valence-electron chi connectivity index (χ4n) is 3.72. The van der Waals surface area contributed by atoms with Gasteiger partial charge in [0.2, 0.25) is 0 Å². The van der Waals surface area contributed by atoms with Gasteiger partial charge in [-0.15, -0.1) is 0 Å². The van der Waals surface area contributed by atoms with Gasteiger partial charge in [-0.2, -0.15) is 5.10 Å². The topological polar surface area (TPSA) is 53.0 Å². The Kier molecular flexibility index (Phi) is 6.07. The number of hydrogen-bond acceptors (Lipinski definition) is 3. The first kappa shape index (κ1) is 21.4. The lowest BCUT2D eigenvalue weighted by Crippen LogP contribution is -2.39. The highest BCUT2D eigenvalue weighted by Crippen LogP contribution is 2.33.